The summed E-state index contributed by atoms with van der Waals surface area (Å²) in [5, 5.41) is 4.06. The van der Waals surface area contributed by atoms with Gasteiger partial charge in [-0.15, -0.1) is 11.3 Å². The fraction of sp³-hybridized carbons (Fsp3) is 0.316. The molecule has 0 saturated heterocycles. The fourth-order valence-corrected chi connectivity index (χ4v) is 4.30. The highest BCUT2D eigenvalue weighted by Gasteiger charge is 2.16. The van der Waals surface area contributed by atoms with Crippen LogP contribution in [0.5, 0.6) is 0 Å². The smallest absolute Gasteiger partial charge is 0.263 e. The molecule has 2 heterocycles. The number of nitrogens with zero attached hydrogens (tertiary/aromatic N) is 2. The van der Waals surface area contributed by atoms with Crippen molar-refractivity contribution < 1.29 is 4.79 Å². The zero-order valence-corrected chi connectivity index (χ0v) is 16.9. The number of carbonyl (C=O) groups is 1. The Morgan fingerprint density at radius 1 is 1.35 bits per heavy atom. The third-order valence-corrected chi connectivity index (χ3v) is 6.23. The van der Waals surface area contributed by atoms with Gasteiger partial charge in [0.15, 0.2) is 5.16 Å². The Labute approximate surface area is 160 Å². The summed E-state index contributed by atoms with van der Waals surface area (Å²) in [4.78, 5) is 31.9. The molecule has 0 radical (unpaired) electrons. The number of fused-ring (bicyclic) bond motifs is 1. The van der Waals surface area contributed by atoms with E-state index in [0.717, 1.165) is 32.9 Å². The number of thioether (sulfide) groups is 1. The number of rotatable bonds is 5. The average Bonchev–Trinajstić information content (AvgIpc) is 3.04. The number of amides is 1. The highest BCUT2D eigenvalue weighted by Crippen LogP contribution is 2.24. The van der Waals surface area contributed by atoms with Crippen LogP contribution in [-0.4, -0.2) is 21.7 Å². The number of nitrogens with one attached hydrogen (secondary N) is 1. The van der Waals surface area contributed by atoms with Crippen LogP contribution >= 0.6 is 23.1 Å². The molecule has 26 heavy (non-hydrogen) atoms. The summed E-state index contributed by atoms with van der Waals surface area (Å²) in [6.45, 7) is 5.97. The van der Waals surface area contributed by atoms with Crippen LogP contribution in [0, 0.1) is 13.8 Å². The van der Waals surface area contributed by atoms with E-state index in [2.05, 4.69) is 17.2 Å². The van der Waals surface area contributed by atoms with Crippen LogP contribution in [0.1, 0.15) is 22.9 Å². The van der Waals surface area contributed by atoms with Gasteiger partial charge in [0, 0.05) is 10.6 Å². The minimum Gasteiger partial charge on any atom is -0.324 e. The number of anilines is 1. The zero-order valence-electron chi connectivity index (χ0n) is 15.3. The predicted octanol–water partition coefficient (Wildman–Crippen LogP) is 4.00. The topological polar surface area (TPSA) is 64.0 Å². The standard InChI is InChI=1S/C19H21N3O2S2/c1-5-13-9-14-17(26-13)21-19(25-4)22(18(14)24)10-16(23)20-15-8-6-7-11(2)12(15)3/h6-9H,5,10H2,1-4H3,(H,20,23). The molecule has 0 aliphatic rings. The van der Waals surface area contributed by atoms with Crippen LogP contribution in [0.2, 0.25) is 0 Å². The summed E-state index contributed by atoms with van der Waals surface area (Å²) in [6, 6.07) is 7.66. The lowest BCUT2D eigenvalue weighted by atomic mass is 10.1. The van der Waals surface area contributed by atoms with Crippen LogP contribution in [0.3, 0.4) is 0 Å². The van der Waals surface area contributed by atoms with Crippen LogP contribution in [0.25, 0.3) is 10.2 Å². The van der Waals surface area contributed by atoms with Crippen molar-refractivity contribution in [2.45, 2.75) is 38.9 Å². The van der Waals surface area contributed by atoms with Crippen molar-refractivity contribution in [3.05, 3.63) is 50.6 Å². The first-order chi connectivity index (χ1) is 12.4. The lowest BCUT2D eigenvalue weighted by Gasteiger charge is -2.13. The molecule has 0 aliphatic heterocycles. The molecule has 0 fully saturated rings. The van der Waals surface area contributed by atoms with E-state index in [1.54, 1.807) is 0 Å². The first-order valence-electron chi connectivity index (χ1n) is 8.38. The molecule has 136 valence electrons. The van der Waals surface area contributed by atoms with Crippen molar-refractivity contribution in [1.29, 1.82) is 0 Å². The van der Waals surface area contributed by atoms with Crippen molar-refractivity contribution in [2.24, 2.45) is 0 Å². The third kappa shape index (κ3) is 3.54. The highest BCUT2D eigenvalue weighted by molar-refractivity contribution is 7.98. The number of benzene rings is 1. The van der Waals surface area contributed by atoms with E-state index in [1.807, 2.05) is 44.4 Å². The second-order valence-electron chi connectivity index (χ2n) is 6.07. The Bertz CT molecular complexity index is 1040. The maximum atomic E-state index is 12.9. The molecule has 1 aromatic carbocycles. The number of aromatic nitrogens is 2. The van der Waals surface area contributed by atoms with Gasteiger partial charge in [-0.3, -0.25) is 14.2 Å². The summed E-state index contributed by atoms with van der Waals surface area (Å²) in [5.41, 5.74) is 2.74. The number of aryl methyl sites for hydroxylation is 2. The van der Waals surface area contributed by atoms with Crippen LogP contribution in [-0.2, 0) is 17.8 Å². The molecular weight excluding hydrogens is 366 g/mol. The molecule has 0 bridgehead atoms. The van der Waals surface area contributed by atoms with Gasteiger partial charge in [0.2, 0.25) is 5.91 Å². The average molecular weight is 388 g/mol. The SMILES string of the molecule is CCc1cc2c(=O)n(CC(=O)Nc3cccc(C)c3C)c(SC)nc2s1. The van der Waals surface area contributed by atoms with Gasteiger partial charge in [-0.1, -0.05) is 30.8 Å². The summed E-state index contributed by atoms with van der Waals surface area (Å²) >= 11 is 2.91. The number of thiophene rings is 1. The highest BCUT2D eigenvalue weighted by atomic mass is 32.2. The van der Waals surface area contributed by atoms with Gasteiger partial charge < -0.3 is 5.32 Å². The zero-order chi connectivity index (χ0) is 18.8. The van der Waals surface area contributed by atoms with Gasteiger partial charge in [-0.25, -0.2) is 4.98 Å². The lowest BCUT2D eigenvalue weighted by Crippen LogP contribution is -2.29. The quantitative estimate of drug-likeness (QED) is 0.531. The van der Waals surface area contributed by atoms with E-state index < -0.39 is 0 Å². The maximum Gasteiger partial charge on any atom is 0.263 e. The molecule has 1 amide bonds. The molecule has 0 atom stereocenters. The van der Waals surface area contributed by atoms with Gasteiger partial charge in [0.25, 0.3) is 5.56 Å². The van der Waals surface area contributed by atoms with Gasteiger partial charge >= 0.3 is 0 Å². The summed E-state index contributed by atoms with van der Waals surface area (Å²) in [7, 11) is 0. The van der Waals surface area contributed by atoms with Crippen LogP contribution in [0.15, 0.2) is 34.2 Å². The molecule has 3 rings (SSSR count). The van der Waals surface area contributed by atoms with E-state index in [4.69, 9.17) is 0 Å². The van der Waals surface area contributed by atoms with Crippen LogP contribution < -0.4 is 10.9 Å². The van der Waals surface area contributed by atoms with Crippen LogP contribution in [0.4, 0.5) is 5.69 Å². The minimum atomic E-state index is -0.233. The van der Waals surface area contributed by atoms with E-state index in [1.165, 1.54) is 27.7 Å². The van der Waals surface area contributed by atoms with E-state index in [0.29, 0.717) is 10.5 Å². The van der Waals surface area contributed by atoms with Crippen molar-refractivity contribution in [2.75, 3.05) is 11.6 Å². The normalized spacial score (nSPS) is 11.1. The molecule has 7 heteroatoms. The molecule has 5 nitrogen and oxygen atoms in total. The number of carbonyl (C=O) groups excluding carboxylic acids is 1. The van der Waals surface area contributed by atoms with Gasteiger partial charge in [0.05, 0.1) is 5.39 Å². The van der Waals surface area contributed by atoms with Crippen molar-refractivity contribution in [1.82, 2.24) is 9.55 Å². The Morgan fingerprint density at radius 3 is 2.81 bits per heavy atom. The van der Waals surface area contributed by atoms with Crippen molar-refractivity contribution in [3.8, 4) is 0 Å². The van der Waals surface area contributed by atoms with Gasteiger partial charge in [-0.05, 0) is 49.8 Å². The largest absolute Gasteiger partial charge is 0.324 e. The minimum absolute atomic E-state index is 0.0529. The number of hydrogen-bond acceptors (Lipinski definition) is 5. The van der Waals surface area contributed by atoms with Crippen molar-refractivity contribution >= 4 is 44.9 Å². The first kappa shape index (κ1) is 18.7. The molecule has 0 aliphatic carbocycles. The monoisotopic (exact) mass is 387 g/mol. The second-order valence-corrected chi connectivity index (χ2v) is 7.96. The van der Waals surface area contributed by atoms with E-state index in [-0.39, 0.29) is 18.0 Å². The molecule has 3 aromatic rings. The number of hydrogen-bond donors (Lipinski definition) is 1. The lowest BCUT2D eigenvalue weighted by molar-refractivity contribution is -0.116. The molecule has 0 unspecified atom stereocenters. The molecule has 0 spiro atoms. The predicted molar refractivity (Wildman–Crippen MR) is 110 cm³/mol. The molecular formula is C19H21N3O2S2. The maximum absolute atomic E-state index is 12.9. The van der Waals surface area contributed by atoms with Gasteiger partial charge in [-0.2, -0.15) is 0 Å². The summed E-state index contributed by atoms with van der Waals surface area (Å²) in [5.74, 6) is -0.233. The van der Waals surface area contributed by atoms with E-state index >= 15 is 0 Å². The Hall–Kier alpha value is -2.12. The molecule has 2 aromatic heterocycles. The van der Waals surface area contributed by atoms with E-state index in [9.17, 15) is 9.59 Å². The Kier molecular flexibility index (Phi) is 5.48. The Morgan fingerprint density at radius 2 is 2.12 bits per heavy atom. The fourth-order valence-electron chi connectivity index (χ4n) is 2.74. The Balaban J connectivity index is 1.94. The molecule has 1 N–H and O–H groups in total. The molecule has 0 saturated carbocycles. The third-order valence-electron chi connectivity index (χ3n) is 4.38. The van der Waals surface area contributed by atoms with Crippen molar-refractivity contribution in [3.63, 3.8) is 0 Å². The second kappa shape index (κ2) is 7.63. The van der Waals surface area contributed by atoms with Gasteiger partial charge in [0.1, 0.15) is 11.4 Å². The first-order valence-corrected chi connectivity index (χ1v) is 10.4. The summed E-state index contributed by atoms with van der Waals surface area (Å²) in [6.07, 6.45) is 2.73. The summed E-state index contributed by atoms with van der Waals surface area (Å²) < 4.78 is 1.46.